The number of carbonyl (C=O) groups excluding carboxylic acids is 3. The molecule has 0 bridgehead atoms. The zero-order chi connectivity index (χ0) is 26.5. The van der Waals surface area contributed by atoms with Gasteiger partial charge in [-0.2, -0.15) is 18.3 Å². The number of anilines is 1. The van der Waals surface area contributed by atoms with Crippen LogP contribution in [0.3, 0.4) is 0 Å². The summed E-state index contributed by atoms with van der Waals surface area (Å²) in [5, 5.41) is 8.83. The van der Waals surface area contributed by atoms with Gasteiger partial charge in [0, 0.05) is 30.2 Å². The van der Waals surface area contributed by atoms with E-state index >= 15 is 4.39 Å². The number of fused-ring (bicyclic) bond motifs is 3. The molecule has 2 aromatic heterocycles. The summed E-state index contributed by atoms with van der Waals surface area (Å²) in [6, 6.07) is 3.52. The summed E-state index contributed by atoms with van der Waals surface area (Å²) in [5.74, 6) is -4.68. The van der Waals surface area contributed by atoms with E-state index in [0.717, 1.165) is 17.0 Å². The van der Waals surface area contributed by atoms with Gasteiger partial charge in [-0.25, -0.2) is 13.8 Å². The lowest BCUT2D eigenvalue weighted by Crippen LogP contribution is -2.51. The molecule has 0 unspecified atom stereocenters. The molecule has 4 heterocycles. The first-order valence-electron chi connectivity index (χ1n) is 11.2. The van der Waals surface area contributed by atoms with Gasteiger partial charge in [-0.05, 0) is 31.0 Å². The van der Waals surface area contributed by atoms with E-state index in [1.54, 1.807) is 11.4 Å². The largest absolute Gasteiger partial charge is 0.405 e. The monoisotopic (exact) mass is 522 g/mol. The molecule has 3 amide bonds. The van der Waals surface area contributed by atoms with Gasteiger partial charge in [0.2, 0.25) is 11.8 Å². The summed E-state index contributed by atoms with van der Waals surface area (Å²) in [4.78, 5) is 45.2. The maximum absolute atomic E-state index is 15.1. The third-order valence-electron chi connectivity index (χ3n) is 6.73. The lowest BCUT2D eigenvalue weighted by molar-refractivity contribution is -0.138. The smallest absolute Gasteiger partial charge is 0.345 e. The number of likely N-dealkylation sites (tertiary alicyclic amines) is 1. The van der Waals surface area contributed by atoms with Crippen molar-refractivity contribution in [3.63, 3.8) is 0 Å². The number of alkyl halides is 3. The molecule has 0 atom stereocenters. The molecule has 0 saturated carbocycles. The Morgan fingerprint density at radius 3 is 2.57 bits per heavy atom. The normalized spacial score (nSPS) is 16.9. The quantitative estimate of drug-likeness (QED) is 0.512. The minimum atomic E-state index is -4.66. The SMILES string of the molecule is O=C(CN1C(=O)C2(CCN(C(=O)c3cnc4[nH]ncc4c3)CC2)c2c1ccc(F)c2F)NCC(F)(F)F. The molecule has 37 heavy (non-hydrogen) atoms. The number of benzene rings is 1. The van der Waals surface area contributed by atoms with E-state index in [0.29, 0.717) is 11.0 Å². The number of H-pyrrole nitrogens is 1. The zero-order valence-corrected chi connectivity index (χ0v) is 19.0. The number of halogens is 5. The second-order valence-corrected chi connectivity index (χ2v) is 8.94. The lowest BCUT2D eigenvalue weighted by Gasteiger charge is -2.38. The van der Waals surface area contributed by atoms with E-state index in [9.17, 15) is 31.9 Å². The fourth-order valence-electron chi connectivity index (χ4n) is 4.94. The highest BCUT2D eigenvalue weighted by Gasteiger charge is 2.55. The molecule has 2 aliphatic rings. The van der Waals surface area contributed by atoms with Gasteiger partial charge in [-0.1, -0.05) is 0 Å². The van der Waals surface area contributed by atoms with Gasteiger partial charge in [-0.15, -0.1) is 0 Å². The lowest BCUT2D eigenvalue weighted by atomic mass is 9.73. The fraction of sp³-hybridized carbons (Fsp3) is 0.348. The summed E-state index contributed by atoms with van der Waals surface area (Å²) in [7, 11) is 0. The van der Waals surface area contributed by atoms with Crippen LogP contribution in [0.1, 0.15) is 28.8 Å². The number of aromatic nitrogens is 3. The summed E-state index contributed by atoms with van der Waals surface area (Å²) < 4.78 is 66.7. The molecule has 1 saturated heterocycles. The van der Waals surface area contributed by atoms with Crippen LogP contribution in [0.25, 0.3) is 11.0 Å². The van der Waals surface area contributed by atoms with Crippen LogP contribution in [-0.4, -0.2) is 70.2 Å². The van der Waals surface area contributed by atoms with Crippen LogP contribution in [0.4, 0.5) is 27.6 Å². The van der Waals surface area contributed by atoms with E-state index in [1.165, 1.54) is 17.3 Å². The Morgan fingerprint density at radius 1 is 1.14 bits per heavy atom. The number of nitrogens with zero attached hydrogens (tertiary/aromatic N) is 4. The number of hydrogen-bond donors (Lipinski definition) is 2. The van der Waals surface area contributed by atoms with Crippen LogP contribution in [0.5, 0.6) is 0 Å². The van der Waals surface area contributed by atoms with Gasteiger partial charge in [-0.3, -0.25) is 19.5 Å². The predicted octanol–water partition coefficient (Wildman–Crippen LogP) is 2.44. The number of piperidine rings is 1. The van der Waals surface area contributed by atoms with Crippen LogP contribution in [0.15, 0.2) is 30.6 Å². The van der Waals surface area contributed by atoms with E-state index in [2.05, 4.69) is 15.2 Å². The van der Waals surface area contributed by atoms with Crippen molar-refractivity contribution in [3.05, 3.63) is 53.4 Å². The Morgan fingerprint density at radius 2 is 1.86 bits per heavy atom. The zero-order valence-electron chi connectivity index (χ0n) is 19.0. The van der Waals surface area contributed by atoms with Gasteiger partial charge >= 0.3 is 6.18 Å². The molecule has 2 aliphatic heterocycles. The number of carbonyl (C=O) groups is 3. The number of amides is 3. The first kappa shape index (κ1) is 24.6. The van der Waals surface area contributed by atoms with Crippen molar-refractivity contribution in [2.45, 2.75) is 24.4 Å². The molecule has 0 aliphatic carbocycles. The van der Waals surface area contributed by atoms with Crippen molar-refractivity contribution in [1.82, 2.24) is 25.4 Å². The second-order valence-electron chi connectivity index (χ2n) is 8.94. The Balaban J connectivity index is 1.39. The van der Waals surface area contributed by atoms with Crippen molar-refractivity contribution in [3.8, 4) is 0 Å². The molecule has 0 radical (unpaired) electrons. The number of pyridine rings is 1. The maximum Gasteiger partial charge on any atom is 0.405 e. The van der Waals surface area contributed by atoms with E-state index in [-0.39, 0.29) is 48.7 Å². The van der Waals surface area contributed by atoms with Crippen molar-refractivity contribution in [2.24, 2.45) is 0 Å². The van der Waals surface area contributed by atoms with Crippen molar-refractivity contribution >= 4 is 34.4 Å². The van der Waals surface area contributed by atoms with E-state index < -0.39 is 48.1 Å². The van der Waals surface area contributed by atoms with Gasteiger partial charge in [0.05, 0.1) is 22.9 Å². The molecule has 5 rings (SSSR count). The van der Waals surface area contributed by atoms with Crippen LogP contribution in [-0.2, 0) is 15.0 Å². The van der Waals surface area contributed by atoms with Crippen molar-refractivity contribution in [1.29, 1.82) is 0 Å². The predicted molar refractivity (Wildman–Crippen MR) is 118 cm³/mol. The molecular weight excluding hydrogens is 503 g/mol. The summed E-state index contributed by atoms with van der Waals surface area (Å²) in [6.07, 6.45) is -1.93. The average Bonchev–Trinajstić information content (AvgIpc) is 3.42. The number of nitrogens with one attached hydrogen (secondary N) is 2. The third-order valence-corrected chi connectivity index (χ3v) is 6.73. The van der Waals surface area contributed by atoms with Gasteiger partial charge in [0.15, 0.2) is 17.3 Å². The minimum Gasteiger partial charge on any atom is -0.345 e. The summed E-state index contributed by atoms with van der Waals surface area (Å²) in [6.45, 7) is -2.37. The molecule has 1 aromatic carbocycles. The molecule has 2 N–H and O–H groups in total. The number of aromatic amines is 1. The Hall–Kier alpha value is -4.10. The molecule has 1 fully saturated rings. The Bertz CT molecular complexity index is 1410. The highest BCUT2D eigenvalue weighted by Crippen LogP contribution is 2.49. The topological polar surface area (TPSA) is 111 Å². The standard InChI is InChI=1S/C23H19F5N6O3/c24-14-1-2-15-17(18(14)25)22(21(37)34(15)10-16(35)30-11-23(26,27)28)3-5-33(6-4-22)20(36)13-7-12-9-31-32-19(12)29-8-13/h1-2,7-9H,3-6,10-11H2,(H,30,35)(H,29,31,32). The maximum atomic E-state index is 15.1. The van der Waals surface area contributed by atoms with E-state index in [4.69, 9.17) is 0 Å². The summed E-state index contributed by atoms with van der Waals surface area (Å²) >= 11 is 0. The third kappa shape index (κ3) is 4.25. The Kier molecular flexibility index (Phi) is 5.83. The van der Waals surface area contributed by atoms with Crippen LogP contribution >= 0.6 is 0 Å². The number of rotatable bonds is 4. The van der Waals surface area contributed by atoms with Gasteiger partial charge < -0.3 is 15.1 Å². The first-order valence-corrected chi connectivity index (χ1v) is 11.2. The molecule has 194 valence electrons. The molecule has 14 heteroatoms. The van der Waals surface area contributed by atoms with E-state index in [1.807, 2.05) is 0 Å². The molecule has 9 nitrogen and oxygen atoms in total. The minimum absolute atomic E-state index is 0.0114. The number of hydrogen-bond acceptors (Lipinski definition) is 5. The van der Waals surface area contributed by atoms with Crippen LogP contribution in [0.2, 0.25) is 0 Å². The second kappa shape index (κ2) is 8.78. The summed E-state index contributed by atoms with van der Waals surface area (Å²) in [5.41, 5.74) is -1.13. The fourth-order valence-corrected chi connectivity index (χ4v) is 4.94. The van der Waals surface area contributed by atoms with Crippen molar-refractivity contribution in [2.75, 3.05) is 31.1 Å². The van der Waals surface area contributed by atoms with Gasteiger partial charge in [0.1, 0.15) is 13.1 Å². The van der Waals surface area contributed by atoms with Crippen molar-refractivity contribution < 1.29 is 36.3 Å². The van der Waals surface area contributed by atoms with Crippen LogP contribution in [0, 0.1) is 11.6 Å². The molecule has 3 aromatic rings. The molecule has 1 spiro atoms. The van der Waals surface area contributed by atoms with Crippen LogP contribution < -0.4 is 10.2 Å². The Labute approximate surface area is 205 Å². The highest BCUT2D eigenvalue weighted by molar-refractivity contribution is 6.11. The first-order chi connectivity index (χ1) is 17.5. The highest BCUT2D eigenvalue weighted by atomic mass is 19.4. The van der Waals surface area contributed by atoms with Gasteiger partial charge in [0.25, 0.3) is 5.91 Å². The molecular formula is C23H19F5N6O3. The average molecular weight is 522 g/mol.